The van der Waals surface area contributed by atoms with Gasteiger partial charge >= 0.3 is 0 Å². The number of nitrogen functional groups attached to an aromatic ring is 1. The number of nitrogens with two attached hydrogens (primary N) is 1. The monoisotopic (exact) mass is 295 g/mol. The predicted octanol–water partition coefficient (Wildman–Crippen LogP) is 2.36. The number of benzene rings is 1. The molecule has 4 N–H and O–H groups in total. The van der Waals surface area contributed by atoms with E-state index < -0.39 is 0 Å². The van der Waals surface area contributed by atoms with Gasteiger partial charge in [0.25, 0.3) is 0 Å². The number of rotatable bonds is 7. The first-order valence-corrected chi connectivity index (χ1v) is 7.47. The van der Waals surface area contributed by atoms with Gasteiger partial charge in [-0.3, -0.25) is 10.3 Å². The molecule has 0 amide bonds. The molecule has 1 aromatic rings. The number of aliphatic hydroxyl groups is 1. The molecular formula is C15H22ClN3O. The van der Waals surface area contributed by atoms with E-state index in [1.54, 1.807) is 6.07 Å². The van der Waals surface area contributed by atoms with Gasteiger partial charge in [-0.15, -0.1) is 0 Å². The fourth-order valence-electron chi connectivity index (χ4n) is 2.48. The minimum absolute atomic E-state index is 0.0366. The van der Waals surface area contributed by atoms with Gasteiger partial charge in [0.2, 0.25) is 0 Å². The summed E-state index contributed by atoms with van der Waals surface area (Å²) >= 11 is 6.29. The van der Waals surface area contributed by atoms with Crippen LogP contribution in [0.25, 0.3) is 0 Å². The summed E-state index contributed by atoms with van der Waals surface area (Å²) in [5.74, 6) is 0.0366. The van der Waals surface area contributed by atoms with Crippen LogP contribution >= 0.6 is 11.6 Å². The lowest BCUT2D eigenvalue weighted by Crippen LogP contribution is -2.40. The quantitative estimate of drug-likeness (QED) is 0.534. The third-order valence-corrected chi connectivity index (χ3v) is 4.28. The number of aliphatic hydroxyl groups excluding tert-OH is 1. The third-order valence-electron chi connectivity index (χ3n) is 3.93. The molecule has 0 heterocycles. The van der Waals surface area contributed by atoms with Crippen LogP contribution in [0.15, 0.2) is 18.2 Å². The molecule has 1 saturated carbocycles. The largest absolute Gasteiger partial charge is 0.396 e. The van der Waals surface area contributed by atoms with Gasteiger partial charge in [-0.1, -0.05) is 30.2 Å². The summed E-state index contributed by atoms with van der Waals surface area (Å²) in [5, 5.41) is 17.1. The van der Waals surface area contributed by atoms with Crippen molar-refractivity contribution in [3.63, 3.8) is 0 Å². The van der Waals surface area contributed by atoms with Crippen LogP contribution < -0.4 is 5.73 Å². The van der Waals surface area contributed by atoms with E-state index in [1.807, 2.05) is 12.1 Å². The minimum atomic E-state index is 0.0366. The van der Waals surface area contributed by atoms with Crippen LogP contribution in [0.4, 0.5) is 0 Å². The van der Waals surface area contributed by atoms with Gasteiger partial charge in [0.15, 0.2) is 0 Å². The second kappa shape index (κ2) is 7.07. The molecule has 2 rings (SSSR count). The molecule has 0 atom stereocenters. The number of hydrogen-bond donors (Lipinski definition) is 3. The Kier molecular flexibility index (Phi) is 5.40. The number of nitrogens with zero attached hydrogens (tertiary/aromatic N) is 1. The normalized spacial score (nSPS) is 15.3. The zero-order valence-corrected chi connectivity index (χ0v) is 12.4. The minimum Gasteiger partial charge on any atom is -0.396 e. The zero-order chi connectivity index (χ0) is 14.5. The molecule has 0 unspecified atom stereocenters. The van der Waals surface area contributed by atoms with E-state index in [9.17, 15) is 0 Å². The Balaban J connectivity index is 2.07. The SMILES string of the molecule is N=C(N)c1ccc(CN(CCCO)C2CCC2)c(Cl)c1. The van der Waals surface area contributed by atoms with E-state index in [4.69, 9.17) is 27.9 Å². The summed E-state index contributed by atoms with van der Waals surface area (Å²) in [4.78, 5) is 2.40. The summed E-state index contributed by atoms with van der Waals surface area (Å²) in [6.07, 6.45) is 4.54. The van der Waals surface area contributed by atoms with Crippen molar-refractivity contribution in [2.24, 2.45) is 5.73 Å². The maximum absolute atomic E-state index is 9.02. The Morgan fingerprint density at radius 3 is 2.70 bits per heavy atom. The Morgan fingerprint density at radius 2 is 2.20 bits per heavy atom. The molecule has 0 spiro atoms. The van der Waals surface area contributed by atoms with Gasteiger partial charge in [0.1, 0.15) is 5.84 Å². The van der Waals surface area contributed by atoms with Crippen LogP contribution in [0, 0.1) is 5.41 Å². The van der Waals surface area contributed by atoms with Crippen LogP contribution in [0.3, 0.4) is 0 Å². The van der Waals surface area contributed by atoms with Crippen LogP contribution in [0.1, 0.15) is 36.8 Å². The van der Waals surface area contributed by atoms with Crippen molar-refractivity contribution >= 4 is 17.4 Å². The van der Waals surface area contributed by atoms with Crippen LogP contribution in [-0.2, 0) is 6.54 Å². The van der Waals surface area contributed by atoms with E-state index >= 15 is 0 Å². The summed E-state index contributed by atoms with van der Waals surface area (Å²) < 4.78 is 0. The van der Waals surface area contributed by atoms with E-state index in [2.05, 4.69) is 4.90 Å². The molecule has 5 heteroatoms. The van der Waals surface area contributed by atoms with Gasteiger partial charge in [0, 0.05) is 36.3 Å². The predicted molar refractivity (Wildman–Crippen MR) is 82.2 cm³/mol. The van der Waals surface area contributed by atoms with Gasteiger partial charge in [-0.25, -0.2) is 0 Å². The van der Waals surface area contributed by atoms with E-state index in [-0.39, 0.29) is 12.4 Å². The molecule has 1 aliphatic carbocycles. The first-order chi connectivity index (χ1) is 9.61. The molecule has 110 valence electrons. The average molecular weight is 296 g/mol. The highest BCUT2D eigenvalue weighted by molar-refractivity contribution is 6.31. The van der Waals surface area contributed by atoms with Crippen molar-refractivity contribution in [3.8, 4) is 0 Å². The van der Waals surface area contributed by atoms with Crippen LogP contribution in [0.5, 0.6) is 0 Å². The second-order valence-electron chi connectivity index (χ2n) is 5.35. The first-order valence-electron chi connectivity index (χ1n) is 7.09. The van der Waals surface area contributed by atoms with Crippen molar-refractivity contribution in [1.82, 2.24) is 4.90 Å². The van der Waals surface area contributed by atoms with E-state index in [0.29, 0.717) is 16.6 Å². The highest BCUT2D eigenvalue weighted by Crippen LogP contribution is 2.28. The molecule has 1 aromatic carbocycles. The summed E-state index contributed by atoms with van der Waals surface area (Å²) in [7, 11) is 0. The number of hydrogen-bond acceptors (Lipinski definition) is 3. The fraction of sp³-hybridized carbons (Fsp3) is 0.533. The van der Waals surface area contributed by atoms with Crippen LogP contribution in [-0.4, -0.2) is 35.0 Å². The summed E-state index contributed by atoms with van der Waals surface area (Å²) in [5.41, 5.74) is 7.18. The van der Waals surface area contributed by atoms with Gasteiger partial charge < -0.3 is 10.8 Å². The summed E-state index contributed by atoms with van der Waals surface area (Å²) in [6.45, 7) is 1.91. The highest BCUT2D eigenvalue weighted by atomic mass is 35.5. The van der Waals surface area contributed by atoms with Gasteiger partial charge in [-0.05, 0) is 30.9 Å². The van der Waals surface area contributed by atoms with E-state index in [1.165, 1.54) is 19.3 Å². The van der Waals surface area contributed by atoms with Gasteiger partial charge in [0.05, 0.1) is 0 Å². The standard InChI is InChI=1S/C15H22ClN3O/c16-14-9-11(15(17)18)5-6-12(14)10-19(7-2-8-20)13-3-1-4-13/h5-6,9,13,20H,1-4,7-8,10H2,(H3,17,18). The summed E-state index contributed by atoms with van der Waals surface area (Å²) in [6, 6.07) is 6.16. The number of nitrogens with one attached hydrogen (secondary N) is 1. The number of halogens is 1. The average Bonchev–Trinajstić information content (AvgIpc) is 2.35. The molecule has 1 fully saturated rings. The van der Waals surface area contributed by atoms with Crippen molar-refractivity contribution in [1.29, 1.82) is 5.41 Å². The molecule has 0 radical (unpaired) electrons. The van der Waals surface area contributed by atoms with E-state index in [0.717, 1.165) is 25.1 Å². The molecule has 0 aliphatic heterocycles. The lowest BCUT2D eigenvalue weighted by Gasteiger charge is -2.37. The van der Waals surface area contributed by atoms with Crippen molar-refractivity contribution in [2.45, 2.75) is 38.3 Å². The highest BCUT2D eigenvalue weighted by Gasteiger charge is 2.25. The third kappa shape index (κ3) is 3.72. The molecular weight excluding hydrogens is 274 g/mol. The Morgan fingerprint density at radius 1 is 1.45 bits per heavy atom. The number of amidine groups is 1. The molecule has 20 heavy (non-hydrogen) atoms. The van der Waals surface area contributed by atoms with Crippen molar-refractivity contribution in [3.05, 3.63) is 34.3 Å². The fourth-order valence-corrected chi connectivity index (χ4v) is 2.72. The molecule has 4 nitrogen and oxygen atoms in total. The first kappa shape index (κ1) is 15.3. The second-order valence-corrected chi connectivity index (χ2v) is 5.76. The maximum atomic E-state index is 9.02. The Bertz CT molecular complexity index is 474. The molecule has 1 aliphatic rings. The molecule has 0 saturated heterocycles. The van der Waals surface area contributed by atoms with Crippen molar-refractivity contribution < 1.29 is 5.11 Å². The molecule has 0 bridgehead atoms. The van der Waals surface area contributed by atoms with Crippen LogP contribution in [0.2, 0.25) is 5.02 Å². The van der Waals surface area contributed by atoms with Crippen molar-refractivity contribution in [2.75, 3.05) is 13.2 Å². The topological polar surface area (TPSA) is 73.3 Å². The zero-order valence-electron chi connectivity index (χ0n) is 11.6. The molecule has 0 aromatic heterocycles. The van der Waals surface area contributed by atoms with Gasteiger partial charge in [-0.2, -0.15) is 0 Å². The Hall–Kier alpha value is -1.10. The smallest absolute Gasteiger partial charge is 0.122 e. The lowest BCUT2D eigenvalue weighted by molar-refractivity contribution is 0.109. The lowest BCUT2D eigenvalue weighted by atomic mass is 9.91. The Labute approximate surface area is 125 Å². The maximum Gasteiger partial charge on any atom is 0.122 e.